The van der Waals surface area contributed by atoms with Gasteiger partial charge in [0, 0.05) is 25.3 Å². The highest BCUT2D eigenvalue weighted by atomic mass is 16.6. The third-order valence-corrected chi connectivity index (χ3v) is 3.31. The maximum Gasteiger partial charge on any atom is 0.271 e. The van der Waals surface area contributed by atoms with E-state index in [1.165, 1.54) is 0 Å². The highest BCUT2D eigenvalue weighted by Gasteiger charge is 2.07. The number of anilines is 1. The predicted molar refractivity (Wildman–Crippen MR) is 87.6 cm³/mol. The van der Waals surface area contributed by atoms with Gasteiger partial charge in [-0.15, -0.1) is 0 Å². The number of carbonyl (C=O) groups excluding carboxylic acids is 1. The predicted octanol–water partition coefficient (Wildman–Crippen LogP) is 2.05. The molecule has 3 rings (SSSR count). The molecule has 1 aromatic heterocycles. The van der Waals surface area contributed by atoms with E-state index in [-0.39, 0.29) is 5.91 Å². The Labute approximate surface area is 132 Å². The van der Waals surface area contributed by atoms with Gasteiger partial charge in [0.15, 0.2) is 0 Å². The topological polar surface area (TPSA) is 83.6 Å². The van der Waals surface area contributed by atoms with Crippen molar-refractivity contribution in [1.82, 2.24) is 15.7 Å². The minimum absolute atomic E-state index is 0.323. The second kappa shape index (κ2) is 6.27. The van der Waals surface area contributed by atoms with Gasteiger partial charge in [-0.25, -0.2) is 10.1 Å². The molecule has 7 nitrogen and oxygen atoms in total. The maximum atomic E-state index is 12.0. The van der Waals surface area contributed by atoms with Gasteiger partial charge in [0.05, 0.1) is 6.21 Å². The van der Waals surface area contributed by atoms with Crippen molar-refractivity contribution in [2.75, 3.05) is 19.0 Å². The molecule has 1 N–H and O–H groups in total. The lowest BCUT2D eigenvalue weighted by Gasteiger charge is -2.11. The molecule has 2 aromatic carbocycles. The Morgan fingerprint density at radius 2 is 1.87 bits per heavy atom. The number of nitrogens with zero attached hydrogens (tertiary/aromatic N) is 4. The fraction of sp³-hybridized carbons (Fsp3) is 0.125. The number of amides is 1. The largest absolute Gasteiger partial charge is 0.378 e. The van der Waals surface area contributed by atoms with Crippen LogP contribution in [0.1, 0.15) is 15.9 Å². The number of rotatable bonds is 4. The van der Waals surface area contributed by atoms with Crippen LogP contribution in [0.3, 0.4) is 0 Å². The van der Waals surface area contributed by atoms with Gasteiger partial charge < -0.3 is 4.90 Å². The van der Waals surface area contributed by atoms with Crippen LogP contribution in [0, 0.1) is 0 Å². The van der Waals surface area contributed by atoms with Crippen LogP contribution in [0.5, 0.6) is 0 Å². The first-order chi connectivity index (χ1) is 11.1. The van der Waals surface area contributed by atoms with Crippen molar-refractivity contribution in [2.24, 2.45) is 5.10 Å². The van der Waals surface area contributed by atoms with Crippen LogP contribution in [0.15, 0.2) is 52.2 Å². The van der Waals surface area contributed by atoms with Crippen molar-refractivity contribution in [1.29, 1.82) is 0 Å². The van der Waals surface area contributed by atoms with Gasteiger partial charge in [-0.2, -0.15) is 5.10 Å². The summed E-state index contributed by atoms with van der Waals surface area (Å²) >= 11 is 0. The standard InChI is InChI=1S/C16H15N5O2/c1-21(2)13-6-3-11(4-7-13)10-17-18-16(22)12-5-8-14-15(9-12)20-23-19-14/h3-10H,1-2H3,(H,18,22). The van der Waals surface area contributed by atoms with Crippen LogP contribution in [-0.2, 0) is 0 Å². The molecule has 1 heterocycles. The Hall–Kier alpha value is -3.22. The van der Waals surface area contributed by atoms with E-state index in [4.69, 9.17) is 0 Å². The molecule has 3 aromatic rings. The molecule has 0 saturated heterocycles. The summed E-state index contributed by atoms with van der Waals surface area (Å²) in [6.45, 7) is 0. The number of hydrazone groups is 1. The van der Waals surface area contributed by atoms with E-state index >= 15 is 0 Å². The van der Waals surface area contributed by atoms with E-state index < -0.39 is 0 Å². The van der Waals surface area contributed by atoms with Gasteiger partial charge in [-0.1, -0.05) is 12.1 Å². The minimum Gasteiger partial charge on any atom is -0.378 e. The van der Waals surface area contributed by atoms with E-state index in [2.05, 4.69) is 25.5 Å². The summed E-state index contributed by atoms with van der Waals surface area (Å²) in [4.78, 5) is 14.0. The number of benzene rings is 2. The van der Waals surface area contributed by atoms with Crippen molar-refractivity contribution in [3.63, 3.8) is 0 Å². The number of fused-ring (bicyclic) bond motifs is 1. The van der Waals surface area contributed by atoms with Crippen LogP contribution >= 0.6 is 0 Å². The highest BCUT2D eigenvalue weighted by molar-refractivity contribution is 5.97. The smallest absolute Gasteiger partial charge is 0.271 e. The van der Waals surface area contributed by atoms with E-state index in [0.717, 1.165) is 11.3 Å². The summed E-state index contributed by atoms with van der Waals surface area (Å²) in [6.07, 6.45) is 1.59. The average molecular weight is 309 g/mol. The molecular weight excluding hydrogens is 294 g/mol. The van der Waals surface area contributed by atoms with Gasteiger partial charge in [0.2, 0.25) is 0 Å². The lowest BCUT2D eigenvalue weighted by atomic mass is 10.2. The zero-order valence-electron chi connectivity index (χ0n) is 12.7. The number of aromatic nitrogens is 2. The highest BCUT2D eigenvalue weighted by Crippen LogP contribution is 2.12. The number of hydrogen-bond donors (Lipinski definition) is 1. The van der Waals surface area contributed by atoms with Gasteiger partial charge >= 0.3 is 0 Å². The Kier molecular flexibility index (Phi) is 4.01. The summed E-state index contributed by atoms with van der Waals surface area (Å²) in [7, 11) is 3.95. The van der Waals surface area contributed by atoms with Gasteiger partial charge in [-0.3, -0.25) is 4.79 Å². The van der Waals surface area contributed by atoms with Crippen LogP contribution in [0.25, 0.3) is 11.0 Å². The molecule has 7 heteroatoms. The second-order valence-corrected chi connectivity index (χ2v) is 5.15. The molecule has 0 bridgehead atoms. The Morgan fingerprint density at radius 3 is 2.61 bits per heavy atom. The molecule has 0 fully saturated rings. The number of nitrogens with one attached hydrogen (secondary N) is 1. The Bertz CT molecular complexity index is 852. The second-order valence-electron chi connectivity index (χ2n) is 5.15. The zero-order chi connectivity index (χ0) is 16.2. The van der Waals surface area contributed by atoms with Crippen molar-refractivity contribution < 1.29 is 9.42 Å². The number of hydrogen-bond acceptors (Lipinski definition) is 6. The molecule has 0 aliphatic heterocycles. The molecule has 0 aliphatic rings. The first-order valence-electron chi connectivity index (χ1n) is 6.96. The zero-order valence-corrected chi connectivity index (χ0v) is 12.7. The molecular formula is C16H15N5O2. The first-order valence-corrected chi connectivity index (χ1v) is 6.96. The maximum absolute atomic E-state index is 12.0. The van der Waals surface area contributed by atoms with E-state index in [0.29, 0.717) is 16.6 Å². The summed E-state index contributed by atoms with van der Waals surface area (Å²) in [5.41, 5.74) is 6.05. The molecule has 1 amide bonds. The minimum atomic E-state index is -0.323. The summed E-state index contributed by atoms with van der Waals surface area (Å²) in [6, 6.07) is 12.7. The van der Waals surface area contributed by atoms with Crippen LogP contribution in [-0.4, -0.2) is 36.5 Å². The molecule has 23 heavy (non-hydrogen) atoms. The van der Waals surface area contributed by atoms with Gasteiger partial charge in [0.25, 0.3) is 5.91 Å². The van der Waals surface area contributed by atoms with Gasteiger partial charge in [0.1, 0.15) is 11.0 Å². The third kappa shape index (κ3) is 3.34. The van der Waals surface area contributed by atoms with Crippen LogP contribution in [0.2, 0.25) is 0 Å². The Balaban J connectivity index is 1.65. The molecule has 0 aliphatic carbocycles. The lowest BCUT2D eigenvalue weighted by molar-refractivity contribution is 0.0955. The first kappa shape index (κ1) is 14.7. The summed E-state index contributed by atoms with van der Waals surface area (Å²) in [5, 5.41) is 11.4. The Morgan fingerprint density at radius 1 is 1.13 bits per heavy atom. The van der Waals surface area contributed by atoms with E-state index in [1.807, 2.05) is 43.3 Å². The molecule has 0 atom stereocenters. The van der Waals surface area contributed by atoms with Crippen molar-refractivity contribution in [3.8, 4) is 0 Å². The SMILES string of the molecule is CN(C)c1ccc(C=NNC(=O)c2ccc3nonc3c2)cc1. The van der Waals surface area contributed by atoms with Crippen LogP contribution < -0.4 is 10.3 Å². The van der Waals surface area contributed by atoms with E-state index in [1.54, 1.807) is 24.4 Å². The van der Waals surface area contributed by atoms with Crippen molar-refractivity contribution >= 4 is 28.8 Å². The fourth-order valence-electron chi connectivity index (χ4n) is 2.01. The third-order valence-electron chi connectivity index (χ3n) is 3.31. The van der Waals surface area contributed by atoms with E-state index in [9.17, 15) is 4.79 Å². The molecule has 0 unspecified atom stereocenters. The molecule has 0 spiro atoms. The number of carbonyl (C=O) groups is 1. The van der Waals surface area contributed by atoms with Crippen molar-refractivity contribution in [2.45, 2.75) is 0 Å². The molecule has 0 saturated carbocycles. The quantitative estimate of drug-likeness (QED) is 0.589. The monoisotopic (exact) mass is 309 g/mol. The normalized spacial score (nSPS) is 11.0. The van der Waals surface area contributed by atoms with Crippen LogP contribution in [0.4, 0.5) is 5.69 Å². The van der Waals surface area contributed by atoms with Gasteiger partial charge in [-0.05, 0) is 46.2 Å². The average Bonchev–Trinajstić information content (AvgIpc) is 3.02. The lowest BCUT2D eigenvalue weighted by Crippen LogP contribution is -2.17. The summed E-state index contributed by atoms with van der Waals surface area (Å²) < 4.78 is 4.60. The molecule has 0 radical (unpaired) electrons. The summed E-state index contributed by atoms with van der Waals surface area (Å²) in [5.74, 6) is -0.323. The van der Waals surface area contributed by atoms with Crippen molar-refractivity contribution in [3.05, 3.63) is 53.6 Å². The molecule has 116 valence electrons. The fourth-order valence-corrected chi connectivity index (χ4v) is 2.01.